The third kappa shape index (κ3) is 3.86. The molecule has 0 unspecified atom stereocenters. The van der Waals surface area contributed by atoms with Crippen LogP contribution < -0.4 is 0 Å². The largest absolute Gasteiger partial charge is 0.395 e. The molecule has 0 bridgehead atoms. The predicted molar refractivity (Wildman–Crippen MR) is 60.8 cm³/mol. The van der Waals surface area contributed by atoms with Crippen LogP contribution in [0.25, 0.3) is 0 Å². The number of nitrogens with zero attached hydrogens (tertiary/aromatic N) is 1. The van der Waals surface area contributed by atoms with Gasteiger partial charge in [0, 0.05) is 19.0 Å². The highest BCUT2D eigenvalue weighted by Crippen LogP contribution is 2.39. The first-order valence-electron chi connectivity index (χ1n) is 6.36. The highest BCUT2D eigenvalue weighted by Gasteiger charge is 2.42. The van der Waals surface area contributed by atoms with Crippen molar-refractivity contribution in [2.45, 2.75) is 38.8 Å². The number of rotatable bonds is 4. The lowest BCUT2D eigenvalue weighted by molar-refractivity contribution is -0.185. The maximum Gasteiger partial charge on any atom is 0.391 e. The highest BCUT2D eigenvalue weighted by molar-refractivity contribution is 5.78. The van der Waals surface area contributed by atoms with Crippen LogP contribution in [0.2, 0.25) is 0 Å². The molecule has 0 radical (unpaired) electrons. The number of aliphatic hydroxyl groups excluding tert-OH is 1. The summed E-state index contributed by atoms with van der Waals surface area (Å²) < 4.78 is 37.5. The summed E-state index contributed by atoms with van der Waals surface area (Å²) >= 11 is 0. The number of likely N-dealkylation sites (N-methyl/N-ethyl adjacent to an activating group) is 1. The average molecular weight is 267 g/mol. The lowest BCUT2D eigenvalue weighted by Gasteiger charge is -2.32. The van der Waals surface area contributed by atoms with Crippen LogP contribution in [0.5, 0.6) is 0 Å². The van der Waals surface area contributed by atoms with E-state index in [2.05, 4.69) is 0 Å². The van der Waals surface area contributed by atoms with Crippen molar-refractivity contribution in [2.75, 3.05) is 19.7 Å². The lowest BCUT2D eigenvalue weighted by Crippen LogP contribution is -2.40. The summed E-state index contributed by atoms with van der Waals surface area (Å²) in [6.07, 6.45) is -3.47. The number of halogens is 3. The van der Waals surface area contributed by atoms with Crippen molar-refractivity contribution in [3.05, 3.63) is 0 Å². The third-order valence-electron chi connectivity index (χ3n) is 3.60. The molecule has 0 spiro atoms. The molecular weight excluding hydrogens is 247 g/mol. The lowest BCUT2D eigenvalue weighted by atomic mass is 9.81. The Morgan fingerprint density at radius 2 is 1.83 bits per heavy atom. The predicted octanol–water partition coefficient (Wildman–Crippen LogP) is 2.20. The standard InChI is InChI=1S/C12H20F3NO2/c1-2-16(7-8-17)11(18)9-3-5-10(6-4-9)12(13,14)15/h9-10,17H,2-8H2,1H3. The topological polar surface area (TPSA) is 40.5 Å². The summed E-state index contributed by atoms with van der Waals surface area (Å²) in [5.74, 6) is -1.68. The number of carbonyl (C=O) groups is 1. The fourth-order valence-corrected chi connectivity index (χ4v) is 2.47. The van der Waals surface area contributed by atoms with Gasteiger partial charge in [0.25, 0.3) is 0 Å². The van der Waals surface area contributed by atoms with Gasteiger partial charge in [-0.25, -0.2) is 0 Å². The van der Waals surface area contributed by atoms with Gasteiger partial charge in [0.1, 0.15) is 0 Å². The Hall–Kier alpha value is -0.780. The second-order valence-electron chi connectivity index (χ2n) is 4.73. The molecule has 0 aromatic heterocycles. The van der Waals surface area contributed by atoms with Gasteiger partial charge in [0.2, 0.25) is 5.91 Å². The number of hydrogen-bond donors (Lipinski definition) is 1. The van der Waals surface area contributed by atoms with Crippen LogP contribution in [0.1, 0.15) is 32.6 Å². The van der Waals surface area contributed by atoms with Crippen LogP contribution in [-0.4, -0.2) is 41.8 Å². The minimum absolute atomic E-state index is 0.0383. The van der Waals surface area contributed by atoms with E-state index in [1.165, 1.54) is 4.90 Å². The number of amides is 1. The summed E-state index contributed by atoms with van der Waals surface area (Å²) in [7, 11) is 0. The molecular formula is C12H20F3NO2. The van der Waals surface area contributed by atoms with Gasteiger partial charge in [0.05, 0.1) is 12.5 Å². The molecule has 1 saturated carbocycles. The van der Waals surface area contributed by atoms with Crippen LogP contribution in [0.15, 0.2) is 0 Å². The molecule has 1 aliphatic carbocycles. The smallest absolute Gasteiger partial charge is 0.391 e. The average Bonchev–Trinajstić information content (AvgIpc) is 2.34. The van der Waals surface area contributed by atoms with Gasteiger partial charge in [-0.3, -0.25) is 4.79 Å². The number of carbonyl (C=O) groups excluding carboxylic acids is 1. The van der Waals surface area contributed by atoms with Crippen molar-refractivity contribution in [1.29, 1.82) is 0 Å². The van der Waals surface area contributed by atoms with E-state index in [0.717, 1.165) is 0 Å². The first kappa shape index (κ1) is 15.3. The van der Waals surface area contributed by atoms with Crippen LogP contribution in [0, 0.1) is 11.8 Å². The second-order valence-corrected chi connectivity index (χ2v) is 4.73. The molecule has 0 aliphatic heterocycles. The first-order valence-corrected chi connectivity index (χ1v) is 6.36. The van der Waals surface area contributed by atoms with Crippen molar-refractivity contribution in [2.24, 2.45) is 11.8 Å². The SMILES string of the molecule is CCN(CCO)C(=O)C1CCC(C(F)(F)F)CC1. The Morgan fingerprint density at radius 1 is 1.28 bits per heavy atom. The molecule has 1 N–H and O–H groups in total. The zero-order valence-corrected chi connectivity index (χ0v) is 10.5. The molecule has 0 saturated heterocycles. The monoisotopic (exact) mass is 267 g/mol. The van der Waals surface area contributed by atoms with Gasteiger partial charge in [-0.15, -0.1) is 0 Å². The maximum absolute atomic E-state index is 12.5. The molecule has 1 aliphatic rings. The van der Waals surface area contributed by atoms with Crippen molar-refractivity contribution in [3.63, 3.8) is 0 Å². The van der Waals surface area contributed by atoms with Gasteiger partial charge >= 0.3 is 6.18 Å². The molecule has 0 aromatic rings. The zero-order chi connectivity index (χ0) is 13.8. The molecule has 1 fully saturated rings. The quantitative estimate of drug-likeness (QED) is 0.848. The van der Waals surface area contributed by atoms with Gasteiger partial charge < -0.3 is 10.0 Å². The van der Waals surface area contributed by atoms with E-state index < -0.39 is 12.1 Å². The van der Waals surface area contributed by atoms with Crippen molar-refractivity contribution >= 4 is 5.91 Å². The molecule has 6 heteroatoms. The summed E-state index contributed by atoms with van der Waals surface area (Å²) in [4.78, 5) is 13.5. The summed E-state index contributed by atoms with van der Waals surface area (Å²) in [6, 6.07) is 0. The van der Waals surface area contributed by atoms with E-state index in [4.69, 9.17) is 5.11 Å². The highest BCUT2D eigenvalue weighted by atomic mass is 19.4. The van der Waals surface area contributed by atoms with Crippen LogP contribution >= 0.6 is 0 Å². The molecule has 0 aromatic carbocycles. The third-order valence-corrected chi connectivity index (χ3v) is 3.60. The van der Waals surface area contributed by atoms with E-state index in [1.807, 2.05) is 0 Å². The molecule has 1 rings (SSSR count). The Labute approximate surface area is 105 Å². The molecule has 3 nitrogen and oxygen atoms in total. The van der Waals surface area contributed by atoms with E-state index in [1.54, 1.807) is 6.92 Å². The molecule has 1 amide bonds. The van der Waals surface area contributed by atoms with Gasteiger partial charge in [-0.2, -0.15) is 13.2 Å². The molecule has 106 valence electrons. The maximum atomic E-state index is 12.5. The Balaban J connectivity index is 2.49. The second kappa shape index (κ2) is 6.41. The molecule has 18 heavy (non-hydrogen) atoms. The van der Waals surface area contributed by atoms with E-state index in [-0.39, 0.29) is 37.8 Å². The van der Waals surface area contributed by atoms with Gasteiger partial charge in [-0.05, 0) is 32.6 Å². The van der Waals surface area contributed by atoms with Crippen LogP contribution in [-0.2, 0) is 4.79 Å². The Bertz CT molecular complexity index is 273. The van der Waals surface area contributed by atoms with Crippen molar-refractivity contribution < 1.29 is 23.1 Å². The molecule has 0 atom stereocenters. The van der Waals surface area contributed by atoms with Crippen molar-refractivity contribution in [1.82, 2.24) is 4.90 Å². The summed E-state index contributed by atoms with van der Waals surface area (Å²) in [6.45, 7) is 2.43. The zero-order valence-electron chi connectivity index (χ0n) is 10.5. The normalized spacial score (nSPS) is 24.9. The summed E-state index contributed by atoms with van der Waals surface area (Å²) in [5, 5.41) is 8.82. The Kier molecular flexibility index (Phi) is 5.44. The first-order chi connectivity index (χ1) is 8.40. The van der Waals surface area contributed by atoms with E-state index in [0.29, 0.717) is 19.4 Å². The van der Waals surface area contributed by atoms with Gasteiger partial charge in [-0.1, -0.05) is 0 Å². The fraction of sp³-hybridized carbons (Fsp3) is 0.917. The summed E-state index contributed by atoms with van der Waals surface area (Å²) in [5.41, 5.74) is 0. The van der Waals surface area contributed by atoms with E-state index in [9.17, 15) is 18.0 Å². The number of hydrogen-bond acceptors (Lipinski definition) is 2. The minimum Gasteiger partial charge on any atom is -0.395 e. The van der Waals surface area contributed by atoms with Gasteiger partial charge in [0.15, 0.2) is 0 Å². The fourth-order valence-electron chi connectivity index (χ4n) is 2.47. The minimum atomic E-state index is -4.14. The Morgan fingerprint density at radius 3 is 2.22 bits per heavy atom. The van der Waals surface area contributed by atoms with E-state index >= 15 is 0 Å². The molecule has 0 heterocycles. The van der Waals surface area contributed by atoms with Crippen LogP contribution in [0.3, 0.4) is 0 Å². The van der Waals surface area contributed by atoms with Crippen molar-refractivity contribution in [3.8, 4) is 0 Å². The number of alkyl halides is 3. The van der Waals surface area contributed by atoms with Crippen LogP contribution in [0.4, 0.5) is 13.2 Å². The number of aliphatic hydroxyl groups is 1.